The Morgan fingerprint density at radius 1 is 1.18 bits per heavy atom. The van der Waals surface area contributed by atoms with Crippen molar-refractivity contribution in [3.63, 3.8) is 0 Å². The van der Waals surface area contributed by atoms with Crippen LogP contribution in [0.25, 0.3) is 0 Å². The first-order chi connectivity index (χ1) is 7.92. The van der Waals surface area contributed by atoms with Crippen molar-refractivity contribution < 1.29 is 4.39 Å². The Bertz CT molecular complexity index is 324. The fourth-order valence-electron chi connectivity index (χ4n) is 1.90. The number of nitrogens with one attached hydrogen (secondary N) is 1. The Balaban J connectivity index is 2.68. The molecular formula is C15H24FN. The molecule has 0 aromatic heterocycles. The minimum Gasteiger partial charge on any atom is -0.311 e. The SMILES string of the molecule is CCCC(CNC(C)(C)C)c1ccc(F)cc1. The highest BCUT2D eigenvalue weighted by Gasteiger charge is 2.15. The summed E-state index contributed by atoms with van der Waals surface area (Å²) in [5, 5.41) is 3.53. The number of hydrogen-bond donors (Lipinski definition) is 1. The molecule has 0 heterocycles. The second kappa shape index (κ2) is 6.15. The van der Waals surface area contributed by atoms with Crippen LogP contribution in [-0.2, 0) is 0 Å². The number of benzene rings is 1. The first-order valence-electron chi connectivity index (χ1n) is 6.43. The summed E-state index contributed by atoms with van der Waals surface area (Å²) in [6.07, 6.45) is 2.28. The Labute approximate surface area is 104 Å². The summed E-state index contributed by atoms with van der Waals surface area (Å²) < 4.78 is 12.9. The van der Waals surface area contributed by atoms with Crippen LogP contribution >= 0.6 is 0 Å². The quantitative estimate of drug-likeness (QED) is 0.813. The van der Waals surface area contributed by atoms with Gasteiger partial charge in [-0.05, 0) is 50.8 Å². The summed E-state index contributed by atoms with van der Waals surface area (Å²) in [4.78, 5) is 0. The van der Waals surface area contributed by atoms with E-state index >= 15 is 0 Å². The van der Waals surface area contributed by atoms with E-state index in [1.54, 1.807) is 12.1 Å². The highest BCUT2D eigenvalue weighted by atomic mass is 19.1. The predicted molar refractivity (Wildman–Crippen MR) is 71.8 cm³/mol. The van der Waals surface area contributed by atoms with Gasteiger partial charge in [-0.2, -0.15) is 0 Å². The lowest BCUT2D eigenvalue weighted by Gasteiger charge is -2.25. The lowest BCUT2D eigenvalue weighted by molar-refractivity contribution is 0.398. The molecule has 1 aromatic carbocycles. The van der Waals surface area contributed by atoms with Gasteiger partial charge in [0.2, 0.25) is 0 Å². The highest BCUT2D eigenvalue weighted by Crippen LogP contribution is 2.21. The van der Waals surface area contributed by atoms with Crippen molar-refractivity contribution in [2.45, 2.75) is 52.0 Å². The van der Waals surface area contributed by atoms with Crippen molar-refractivity contribution in [1.29, 1.82) is 0 Å². The van der Waals surface area contributed by atoms with E-state index in [0.29, 0.717) is 5.92 Å². The van der Waals surface area contributed by atoms with E-state index in [1.807, 2.05) is 12.1 Å². The predicted octanol–water partition coefficient (Wildman–Crippen LogP) is 4.10. The first kappa shape index (κ1) is 14.2. The van der Waals surface area contributed by atoms with Crippen LogP contribution in [-0.4, -0.2) is 12.1 Å². The maximum absolute atomic E-state index is 12.9. The van der Waals surface area contributed by atoms with Crippen LogP contribution in [0.4, 0.5) is 4.39 Å². The maximum Gasteiger partial charge on any atom is 0.123 e. The molecule has 0 saturated heterocycles. The molecule has 0 radical (unpaired) electrons. The van der Waals surface area contributed by atoms with Crippen LogP contribution in [0.1, 0.15) is 52.0 Å². The van der Waals surface area contributed by atoms with Crippen LogP contribution in [0, 0.1) is 5.82 Å². The molecule has 1 nitrogen and oxygen atoms in total. The van der Waals surface area contributed by atoms with Crippen LogP contribution < -0.4 is 5.32 Å². The fourth-order valence-corrected chi connectivity index (χ4v) is 1.90. The Kier molecular flexibility index (Phi) is 5.13. The molecule has 17 heavy (non-hydrogen) atoms. The van der Waals surface area contributed by atoms with Gasteiger partial charge in [0, 0.05) is 12.1 Å². The summed E-state index contributed by atoms with van der Waals surface area (Å²) in [5.74, 6) is 0.313. The van der Waals surface area contributed by atoms with Gasteiger partial charge in [0.1, 0.15) is 5.82 Å². The van der Waals surface area contributed by atoms with Gasteiger partial charge >= 0.3 is 0 Å². The van der Waals surface area contributed by atoms with Gasteiger partial charge in [0.15, 0.2) is 0 Å². The standard InChI is InChI=1S/C15H24FN/c1-5-6-13(11-17-15(2,3)4)12-7-9-14(16)10-8-12/h7-10,13,17H,5-6,11H2,1-4H3. The summed E-state index contributed by atoms with van der Waals surface area (Å²) in [5.41, 5.74) is 1.36. The summed E-state index contributed by atoms with van der Waals surface area (Å²) in [6.45, 7) is 9.64. The zero-order valence-electron chi connectivity index (χ0n) is 11.4. The molecular weight excluding hydrogens is 213 g/mol. The third-order valence-corrected chi connectivity index (χ3v) is 2.86. The molecule has 1 atom stereocenters. The van der Waals surface area contributed by atoms with Gasteiger partial charge in [-0.3, -0.25) is 0 Å². The Hall–Kier alpha value is -0.890. The van der Waals surface area contributed by atoms with Crippen molar-refractivity contribution >= 4 is 0 Å². The van der Waals surface area contributed by atoms with Crippen molar-refractivity contribution in [3.05, 3.63) is 35.6 Å². The minimum atomic E-state index is -0.159. The molecule has 0 amide bonds. The zero-order chi connectivity index (χ0) is 12.9. The second-order valence-corrected chi connectivity index (χ2v) is 5.67. The third kappa shape index (κ3) is 5.31. The zero-order valence-corrected chi connectivity index (χ0v) is 11.4. The van der Waals surface area contributed by atoms with Crippen molar-refractivity contribution in [1.82, 2.24) is 5.32 Å². The minimum absolute atomic E-state index is 0.131. The van der Waals surface area contributed by atoms with E-state index < -0.39 is 0 Å². The average molecular weight is 237 g/mol. The first-order valence-corrected chi connectivity index (χ1v) is 6.43. The molecule has 0 aliphatic carbocycles. The van der Waals surface area contributed by atoms with Crippen molar-refractivity contribution in [2.75, 3.05) is 6.54 Å². The average Bonchev–Trinajstić information content (AvgIpc) is 2.24. The number of hydrogen-bond acceptors (Lipinski definition) is 1. The fraction of sp³-hybridized carbons (Fsp3) is 0.600. The van der Waals surface area contributed by atoms with E-state index in [2.05, 4.69) is 33.0 Å². The van der Waals surface area contributed by atoms with Gasteiger partial charge in [-0.15, -0.1) is 0 Å². The number of halogens is 1. The topological polar surface area (TPSA) is 12.0 Å². The van der Waals surface area contributed by atoms with Gasteiger partial charge in [-0.1, -0.05) is 25.5 Å². The van der Waals surface area contributed by atoms with Gasteiger partial charge < -0.3 is 5.32 Å². The van der Waals surface area contributed by atoms with E-state index in [0.717, 1.165) is 19.4 Å². The van der Waals surface area contributed by atoms with Crippen molar-refractivity contribution in [2.24, 2.45) is 0 Å². The van der Waals surface area contributed by atoms with Gasteiger partial charge in [0.25, 0.3) is 0 Å². The van der Waals surface area contributed by atoms with Crippen molar-refractivity contribution in [3.8, 4) is 0 Å². The highest BCUT2D eigenvalue weighted by molar-refractivity contribution is 5.20. The molecule has 0 bridgehead atoms. The second-order valence-electron chi connectivity index (χ2n) is 5.67. The summed E-state index contributed by atoms with van der Waals surface area (Å²) in [7, 11) is 0. The lowest BCUT2D eigenvalue weighted by Crippen LogP contribution is -2.38. The normalized spacial score (nSPS) is 13.7. The molecule has 96 valence electrons. The molecule has 1 unspecified atom stereocenters. The molecule has 0 aliphatic rings. The third-order valence-electron chi connectivity index (χ3n) is 2.86. The molecule has 1 aromatic rings. The number of rotatable bonds is 5. The molecule has 1 N–H and O–H groups in total. The van der Waals surface area contributed by atoms with E-state index in [9.17, 15) is 4.39 Å². The van der Waals surface area contributed by atoms with E-state index in [4.69, 9.17) is 0 Å². The van der Waals surface area contributed by atoms with Crippen LogP contribution in [0.5, 0.6) is 0 Å². The van der Waals surface area contributed by atoms with E-state index in [1.165, 1.54) is 5.56 Å². The maximum atomic E-state index is 12.9. The molecule has 0 aliphatic heterocycles. The van der Waals surface area contributed by atoms with Gasteiger partial charge in [-0.25, -0.2) is 4.39 Å². The van der Waals surface area contributed by atoms with Crippen LogP contribution in [0.3, 0.4) is 0 Å². The lowest BCUT2D eigenvalue weighted by atomic mass is 9.93. The molecule has 0 fully saturated rings. The largest absolute Gasteiger partial charge is 0.311 e. The molecule has 0 saturated carbocycles. The Morgan fingerprint density at radius 3 is 2.24 bits per heavy atom. The van der Waals surface area contributed by atoms with Gasteiger partial charge in [0.05, 0.1) is 0 Å². The van der Waals surface area contributed by atoms with Crippen LogP contribution in [0.2, 0.25) is 0 Å². The smallest absolute Gasteiger partial charge is 0.123 e. The summed E-state index contributed by atoms with van der Waals surface area (Å²) >= 11 is 0. The Morgan fingerprint density at radius 2 is 1.76 bits per heavy atom. The molecule has 2 heteroatoms. The monoisotopic (exact) mass is 237 g/mol. The van der Waals surface area contributed by atoms with Crippen LogP contribution in [0.15, 0.2) is 24.3 Å². The summed E-state index contributed by atoms with van der Waals surface area (Å²) in [6, 6.07) is 6.91. The molecule has 1 rings (SSSR count). The molecule has 0 spiro atoms. The van der Waals surface area contributed by atoms with E-state index in [-0.39, 0.29) is 11.4 Å².